The van der Waals surface area contributed by atoms with Gasteiger partial charge in [-0.1, -0.05) is 0 Å². The average Bonchev–Trinajstić information content (AvgIpc) is 2.75. The van der Waals surface area contributed by atoms with Gasteiger partial charge in [0.05, 0.1) is 40.0 Å². The zero-order valence-corrected chi connectivity index (χ0v) is 17.1. The number of ether oxygens (including phenoxy) is 2. The van der Waals surface area contributed by atoms with Crippen molar-refractivity contribution in [3.63, 3.8) is 0 Å². The summed E-state index contributed by atoms with van der Waals surface area (Å²) in [7, 11) is 1.42. The second-order valence-electron chi connectivity index (χ2n) is 6.73. The van der Waals surface area contributed by atoms with Crippen molar-refractivity contribution in [2.75, 3.05) is 25.6 Å². The highest BCUT2D eigenvalue weighted by molar-refractivity contribution is 5.92. The van der Waals surface area contributed by atoms with Crippen LogP contribution in [0, 0.1) is 10.1 Å². The maximum atomic E-state index is 13.1. The van der Waals surface area contributed by atoms with Gasteiger partial charge in [0.15, 0.2) is 0 Å². The summed E-state index contributed by atoms with van der Waals surface area (Å²) in [6.07, 6.45) is -3.62. The van der Waals surface area contributed by atoms with Gasteiger partial charge in [0.25, 0.3) is 11.2 Å². The molecule has 2 aromatic carbocycles. The molecule has 3 aromatic rings. The van der Waals surface area contributed by atoms with Crippen LogP contribution in [0.1, 0.15) is 5.56 Å². The Bertz CT molecular complexity index is 1260. The molecule has 0 unspecified atom stereocenters. The third kappa shape index (κ3) is 5.63. The summed E-state index contributed by atoms with van der Waals surface area (Å²) in [5, 5.41) is 13.2. The number of carbonyl (C=O) groups is 1. The minimum Gasteiger partial charge on any atom is -0.489 e. The molecule has 1 heterocycles. The van der Waals surface area contributed by atoms with Gasteiger partial charge in [-0.2, -0.15) is 13.2 Å². The Morgan fingerprint density at radius 3 is 2.64 bits per heavy atom. The molecule has 33 heavy (non-hydrogen) atoms. The molecule has 0 saturated carbocycles. The van der Waals surface area contributed by atoms with Gasteiger partial charge in [0.1, 0.15) is 18.9 Å². The van der Waals surface area contributed by atoms with Gasteiger partial charge >= 0.3 is 6.18 Å². The maximum absolute atomic E-state index is 13.1. The number of methoxy groups -OCH3 is 1. The molecule has 3 rings (SSSR count). The van der Waals surface area contributed by atoms with Crippen LogP contribution < -0.4 is 15.6 Å². The van der Waals surface area contributed by atoms with Gasteiger partial charge in [0.2, 0.25) is 5.91 Å². The van der Waals surface area contributed by atoms with Crippen molar-refractivity contribution in [2.24, 2.45) is 0 Å². The maximum Gasteiger partial charge on any atom is 0.416 e. The molecule has 0 bridgehead atoms. The first-order valence-corrected chi connectivity index (χ1v) is 9.36. The molecule has 0 aliphatic rings. The van der Waals surface area contributed by atoms with Crippen LogP contribution in [0.3, 0.4) is 0 Å². The van der Waals surface area contributed by atoms with Crippen LogP contribution in [0.15, 0.2) is 47.5 Å². The fourth-order valence-electron chi connectivity index (χ4n) is 2.88. The lowest BCUT2D eigenvalue weighted by Gasteiger charge is -2.15. The number of aromatic nitrogens is 2. The van der Waals surface area contributed by atoms with Crippen LogP contribution in [0.25, 0.3) is 10.9 Å². The van der Waals surface area contributed by atoms with Gasteiger partial charge in [-0.3, -0.25) is 24.3 Å². The Balaban J connectivity index is 1.85. The molecule has 0 aliphatic carbocycles. The van der Waals surface area contributed by atoms with Crippen molar-refractivity contribution in [3.05, 3.63) is 68.8 Å². The van der Waals surface area contributed by atoms with Crippen LogP contribution in [0.5, 0.6) is 5.75 Å². The number of amides is 1. The van der Waals surface area contributed by atoms with E-state index in [-0.39, 0.29) is 41.2 Å². The first kappa shape index (κ1) is 23.7. The summed E-state index contributed by atoms with van der Waals surface area (Å²) in [5.41, 5.74) is -2.06. The zero-order chi connectivity index (χ0) is 24.2. The lowest BCUT2D eigenvalue weighted by molar-refractivity contribution is -0.384. The molecular formula is C20H17F3N4O6. The number of alkyl halides is 3. The fraction of sp³-hybridized carbons (Fsp3) is 0.250. The van der Waals surface area contributed by atoms with Crippen LogP contribution in [0.2, 0.25) is 0 Å². The number of nitro benzene ring substituents is 1. The van der Waals surface area contributed by atoms with E-state index in [1.54, 1.807) is 0 Å². The minimum atomic E-state index is -4.65. The van der Waals surface area contributed by atoms with Crippen molar-refractivity contribution in [1.82, 2.24) is 9.55 Å². The molecule has 10 nitrogen and oxygen atoms in total. The predicted molar refractivity (Wildman–Crippen MR) is 110 cm³/mol. The lowest BCUT2D eigenvalue weighted by atomic mass is 10.1. The van der Waals surface area contributed by atoms with Crippen molar-refractivity contribution in [1.29, 1.82) is 0 Å². The highest BCUT2D eigenvalue weighted by Gasteiger charge is 2.31. The summed E-state index contributed by atoms with van der Waals surface area (Å²) >= 11 is 0. The minimum absolute atomic E-state index is 0.00954. The molecule has 174 valence electrons. The van der Waals surface area contributed by atoms with E-state index in [0.29, 0.717) is 0 Å². The molecule has 0 aliphatic heterocycles. The highest BCUT2D eigenvalue weighted by atomic mass is 19.4. The third-order valence-corrected chi connectivity index (χ3v) is 4.46. The number of rotatable bonds is 8. The van der Waals surface area contributed by atoms with Crippen LogP contribution in [-0.4, -0.2) is 40.7 Å². The van der Waals surface area contributed by atoms with E-state index in [4.69, 9.17) is 9.47 Å². The first-order chi connectivity index (χ1) is 15.6. The summed E-state index contributed by atoms with van der Waals surface area (Å²) in [6, 6.07) is 6.07. The quantitative estimate of drug-likeness (QED) is 0.307. The molecule has 1 N–H and O–H groups in total. The summed E-state index contributed by atoms with van der Waals surface area (Å²) in [5.74, 6) is -0.819. The number of anilines is 1. The Kier molecular flexibility index (Phi) is 6.92. The number of benzene rings is 2. The van der Waals surface area contributed by atoms with E-state index >= 15 is 0 Å². The van der Waals surface area contributed by atoms with E-state index in [2.05, 4.69) is 10.3 Å². The largest absolute Gasteiger partial charge is 0.489 e. The Morgan fingerprint density at radius 1 is 1.21 bits per heavy atom. The number of nitro groups is 1. The van der Waals surface area contributed by atoms with Crippen molar-refractivity contribution < 1.29 is 32.4 Å². The first-order valence-electron chi connectivity index (χ1n) is 9.36. The molecule has 0 saturated heterocycles. The van der Waals surface area contributed by atoms with E-state index < -0.39 is 34.7 Å². The van der Waals surface area contributed by atoms with E-state index in [9.17, 15) is 32.9 Å². The standard InChI is InChI=1S/C20H17F3N4O6/c1-32-6-7-33-17-5-2-12(20(21,22)23)8-16(17)25-18(28)10-26-11-24-15-9-13(27(30)31)3-4-14(15)19(26)29/h2-5,8-9,11H,6-7,10H2,1H3,(H,25,28). The lowest BCUT2D eigenvalue weighted by Crippen LogP contribution is -2.28. The number of hydrogen-bond acceptors (Lipinski definition) is 7. The normalized spacial score (nSPS) is 11.4. The molecule has 0 fully saturated rings. The van der Waals surface area contributed by atoms with Crippen molar-refractivity contribution in [3.8, 4) is 5.75 Å². The van der Waals surface area contributed by atoms with E-state index in [1.807, 2.05) is 0 Å². The summed E-state index contributed by atoms with van der Waals surface area (Å²) in [6.45, 7) is -0.359. The molecule has 0 spiro atoms. The third-order valence-electron chi connectivity index (χ3n) is 4.46. The van der Waals surface area contributed by atoms with Crippen LogP contribution in [0.4, 0.5) is 24.5 Å². The SMILES string of the molecule is COCCOc1ccc(C(F)(F)F)cc1NC(=O)Cn1cnc2cc([N+](=O)[O-])ccc2c1=O. The molecule has 1 aromatic heterocycles. The number of fused-ring (bicyclic) bond motifs is 1. The topological polar surface area (TPSA) is 126 Å². The Morgan fingerprint density at radius 2 is 1.97 bits per heavy atom. The van der Waals surface area contributed by atoms with Crippen molar-refractivity contribution >= 4 is 28.2 Å². The van der Waals surface area contributed by atoms with Gasteiger partial charge < -0.3 is 14.8 Å². The second kappa shape index (κ2) is 9.65. The summed E-state index contributed by atoms with van der Waals surface area (Å²) in [4.78, 5) is 39.3. The Labute approximate surface area is 183 Å². The van der Waals surface area contributed by atoms with Crippen LogP contribution >= 0.6 is 0 Å². The van der Waals surface area contributed by atoms with E-state index in [1.165, 1.54) is 13.2 Å². The smallest absolute Gasteiger partial charge is 0.416 e. The summed E-state index contributed by atoms with van der Waals surface area (Å²) < 4.78 is 50.4. The number of carbonyl (C=O) groups excluding carboxylic acids is 1. The fourth-order valence-corrected chi connectivity index (χ4v) is 2.88. The highest BCUT2D eigenvalue weighted by Crippen LogP contribution is 2.35. The van der Waals surface area contributed by atoms with Gasteiger partial charge in [0, 0.05) is 19.2 Å². The van der Waals surface area contributed by atoms with Crippen LogP contribution in [-0.2, 0) is 22.3 Å². The number of nitrogens with one attached hydrogen (secondary N) is 1. The number of halogens is 3. The van der Waals surface area contributed by atoms with Gasteiger partial charge in [-0.25, -0.2) is 4.98 Å². The monoisotopic (exact) mass is 466 g/mol. The number of non-ortho nitro benzene ring substituents is 1. The molecule has 1 amide bonds. The van der Waals surface area contributed by atoms with Gasteiger partial charge in [-0.15, -0.1) is 0 Å². The van der Waals surface area contributed by atoms with Crippen molar-refractivity contribution in [2.45, 2.75) is 12.7 Å². The number of nitrogens with zero attached hydrogens (tertiary/aromatic N) is 3. The molecule has 13 heteroatoms. The van der Waals surface area contributed by atoms with E-state index in [0.717, 1.165) is 41.2 Å². The molecule has 0 radical (unpaired) electrons. The molecular weight excluding hydrogens is 449 g/mol. The predicted octanol–water partition coefficient (Wildman–Crippen LogP) is 2.99. The average molecular weight is 466 g/mol. The van der Waals surface area contributed by atoms with Gasteiger partial charge in [-0.05, 0) is 24.3 Å². The number of hydrogen-bond donors (Lipinski definition) is 1. The molecule has 0 atom stereocenters. The second-order valence-corrected chi connectivity index (χ2v) is 6.73. The Hall–Kier alpha value is -4.00. The zero-order valence-electron chi connectivity index (χ0n) is 17.1.